The smallest absolute Gasteiger partial charge is 0.330 e. The van der Waals surface area contributed by atoms with E-state index in [4.69, 9.17) is 30.1 Å². The quantitative estimate of drug-likeness (QED) is 0.744. The van der Waals surface area contributed by atoms with Crippen LogP contribution in [0.3, 0.4) is 0 Å². The topological polar surface area (TPSA) is 91.8 Å². The second-order valence-corrected chi connectivity index (χ2v) is 9.04. The molecule has 0 bridgehead atoms. The van der Waals surface area contributed by atoms with Crippen molar-refractivity contribution in [3.8, 4) is 0 Å². The van der Waals surface area contributed by atoms with Crippen LogP contribution in [-0.2, 0) is 30.1 Å². The maximum absolute atomic E-state index is 15.0. The Morgan fingerprint density at radius 2 is 2.15 bits per heavy atom. The van der Waals surface area contributed by atoms with E-state index < -0.39 is 61.2 Å². The SMILES string of the molecule is CC(C)OP1(=S)OCC2(C(F)F)OC(n3ccc(=O)[nH]c3=O)C(F)C2O1. The molecule has 2 aliphatic rings. The van der Waals surface area contributed by atoms with E-state index in [1.165, 1.54) is 0 Å². The minimum atomic E-state index is -3.46. The Morgan fingerprint density at radius 1 is 1.46 bits per heavy atom. The Labute approximate surface area is 150 Å². The van der Waals surface area contributed by atoms with Crippen LogP contribution in [0.4, 0.5) is 13.2 Å². The van der Waals surface area contributed by atoms with Gasteiger partial charge in [0.25, 0.3) is 12.0 Å². The van der Waals surface area contributed by atoms with E-state index in [-0.39, 0.29) is 0 Å². The molecule has 1 N–H and O–H groups in total. The van der Waals surface area contributed by atoms with Gasteiger partial charge in [-0.3, -0.25) is 18.9 Å². The first-order valence-corrected chi connectivity index (χ1v) is 10.2. The molecular formula is C13H16F3N2O6PS. The number of hydrogen-bond acceptors (Lipinski definition) is 7. The van der Waals surface area contributed by atoms with Crippen molar-refractivity contribution < 1.29 is 31.5 Å². The number of nitrogens with one attached hydrogen (secondary N) is 1. The molecule has 0 aromatic carbocycles. The van der Waals surface area contributed by atoms with Crippen molar-refractivity contribution >= 4 is 18.5 Å². The van der Waals surface area contributed by atoms with Gasteiger partial charge in [-0.2, -0.15) is 0 Å². The largest absolute Gasteiger partial charge is 0.337 e. The van der Waals surface area contributed by atoms with Gasteiger partial charge in [0.15, 0.2) is 18.0 Å². The summed E-state index contributed by atoms with van der Waals surface area (Å²) < 4.78 is 64.2. The summed E-state index contributed by atoms with van der Waals surface area (Å²) in [6.07, 6.45) is -8.38. The molecule has 2 saturated heterocycles. The molecule has 2 fully saturated rings. The maximum Gasteiger partial charge on any atom is 0.330 e. The molecule has 2 aliphatic heterocycles. The molecule has 13 heteroatoms. The highest BCUT2D eigenvalue weighted by Gasteiger charge is 2.67. The molecule has 0 aliphatic carbocycles. The Balaban J connectivity index is 1.99. The average molecular weight is 416 g/mol. The van der Waals surface area contributed by atoms with Crippen LogP contribution in [0.2, 0.25) is 0 Å². The predicted molar refractivity (Wildman–Crippen MR) is 86.4 cm³/mol. The van der Waals surface area contributed by atoms with Crippen molar-refractivity contribution in [1.82, 2.24) is 9.55 Å². The van der Waals surface area contributed by atoms with Crippen molar-refractivity contribution in [1.29, 1.82) is 0 Å². The van der Waals surface area contributed by atoms with Crippen LogP contribution in [-0.4, -0.2) is 46.6 Å². The lowest BCUT2D eigenvalue weighted by atomic mass is 9.97. The van der Waals surface area contributed by atoms with Gasteiger partial charge in [-0.15, -0.1) is 0 Å². The summed E-state index contributed by atoms with van der Waals surface area (Å²) in [5.41, 5.74) is -4.18. The standard InChI is InChI=1S/C13H16F3N2O6PS/c1-6(2)23-25(26)21-5-13(11(15)16)9(24-25)8(14)10(22-13)18-4-3-7(19)17-12(18)20/h3-4,6,8-11H,5H2,1-2H3,(H,17,19,20). The molecule has 1 aromatic heterocycles. The summed E-state index contributed by atoms with van der Waals surface area (Å²) in [4.78, 5) is 25.0. The van der Waals surface area contributed by atoms with Gasteiger partial charge in [-0.25, -0.2) is 18.0 Å². The molecule has 5 atom stereocenters. The van der Waals surface area contributed by atoms with E-state index in [9.17, 15) is 18.4 Å². The fraction of sp³-hybridized carbons (Fsp3) is 0.692. The van der Waals surface area contributed by atoms with E-state index in [1.807, 2.05) is 4.98 Å². The van der Waals surface area contributed by atoms with Gasteiger partial charge in [0.05, 0.1) is 12.7 Å². The van der Waals surface area contributed by atoms with Gasteiger partial charge in [0.2, 0.25) is 0 Å². The summed E-state index contributed by atoms with van der Waals surface area (Å²) in [6.45, 7) is -0.947. The second kappa shape index (κ2) is 6.84. The Bertz CT molecular complexity index is 848. The predicted octanol–water partition coefficient (Wildman–Crippen LogP) is 1.47. The van der Waals surface area contributed by atoms with Crippen molar-refractivity contribution in [2.24, 2.45) is 0 Å². The van der Waals surface area contributed by atoms with E-state index >= 15 is 4.39 Å². The number of aromatic amines is 1. The summed E-state index contributed by atoms with van der Waals surface area (Å²) in [5, 5.41) is 0. The van der Waals surface area contributed by atoms with Gasteiger partial charge < -0.3 is 13.8 Å². The van der Waals surface area contributed by atoms with Crippen LogP contribution in [0.25, 0.3) is 0 Å². The fourth-order valence-corrected chi connectivity index (χ4v) is 5.35. The van der Waals surface area contributed by atoms with Crippen molar-refractivity contribution in [3.63, 3.8) is 0 Å². The van der Waals surface area contributed by atoms with Gasteiger partial charge in [-0.1, -0.05) is 0 Å². The summed E-state index contributed by atoms with van der Waals surface area (Å²) in [6, 6.07) is 0.943. The minimum Gasteiger partial charge on any atom is -0.337 e. The zero-order valence-electron chi connectivity index (χ0n) is 13.6. The Morgan fingerprint density at radius 3 is 2.73 bits per heavy atom. The second-order valence-electron chi connectivity index (χ2n) is 6.13. The molecule has 8 nitrogen and oxygen atoms in total. The van der Waals surface area contributed by atoms with Crippen LogP contribution in [0.5, 0.6) is 0 Å². The lowest BCUT2D eigenvalue weighted by Crippen LogP contribution is -2.55. The highest BCUT2D eigenvalue weighted by atomic mass is 32.5. The molecule has 26 heavy (non-hydrogen) atoms. The summed E-state index contributed by atoms with van der Waals surface area (Å²) in [5.74, 6) is 0. The first-order chi connectivity index (χ1) is 12.1. The van der Waals surface area contributed by atoms with Crippen LogP contribution in [0, 0.1) is 0 Å². The third-order valence-electron chi connectivity index (χ3n) is 3.91. The highest BCUT2D eigenvalue weighted by Crippen LogP contribution is 2.61. The van der Waals surface area contributed by atoms with Gasteiger partial charge in [0.1, 0.15) is 6.10 Å². The third kappa shape index (κ3) is 3.30. The molecule has 0 radical (unpaired) electrons. The number of aromatic nitrogens is 2. The molecular weight excluding hydrogens is 400 g/mol. The Hall–Kier alpha value is -1.04. The third-order valence-corrected chi connectivity index (χ3v) is 6.35. The zero-order chi connectivity index (χ0) is 19.3. The molecule has 0 spiro atoms. The molecule has 0 saturated carbocycles. The van der Waals surface area contributed by atoms with Gasteiger partial charge >= 0.3 is 12.4 Å². The minimum absolute atomic E-state index is 0.433. The monoisotopic (exact) mass is 416 g/mol. The summed E-state index contributed by atoms with van der Waals surface area (Å²) in [7, 11) is 0. The van der Waals surface area contributed by atoms with E-state index in [1.54, 1.807) is 13.8 Å². The average Bonchev–Trinajstić information content (AvgIpc) is 2.80. The first-order valence-electron chi connectivity index (χ1n) is 7.61. The van der Waals surface area contributed by atoms with Crippen LogP contribution in [0.1, 0.15) is 20.1 Å². The van der Waals surface area contributed by atoms with E-state index in [0.29, 0.717) is 4.57 Å². The summed E-state index contributed by atoms with van der Waals surface area (Å²) >= 11 is 5.10. The number of rotatable bonds is 4. The number of alkyl halides is 3. The van der Waals surface area contributed by atoms with Gasteiger partial charge in [0, 0.05) is 12.3 Å². The molecule has 3 rings (SSSR count). The number of halogens is 3. The van der Waals surface area contributed by atoms with E-state index in [2.05, 4.69) is 0 Å². The van der Waals surface area contributed by atoms with Crippen molar-refractivity contribution in [3.05, 3.63) is 33.1 Å². The number of fused-ring (bicyclic) bond motifs is 1. The highest BCUT2D eigenvalue weighted by molar-refractivity contribution is 8.07. The zero-order valence-corrected chi connectivity index (χ0v) is 15.3. The fourth-order valence-electron chi connectivity index (χ4n) is 2.78. The number of hydrogen-bond donors (Lipinski definition) is 1. The van der Waals surface area contributed by atoms with Gasteiger partial charge in [-0.05, 0) is 25.7 Å². The molecule has 0 amide bonds. The lowest BCUT2D eigenvalue weighted by Gasteiger charge is -2.41. The number of nitrogens with zero attached hydrogens (tertiary/aromatic N) is 1. The first kappa shape index (κ1) is 19.7. The lowest BCUT2D eigenvalue weighted by molar-refractivity contribution is -0.204. The number of ether oxygens (including phenoxy) is 1. The molecule has 146 valence electrons. The molecule has 3 heterocycles. The van der Waals surface area contributed by atoms with Crippen LogP contribution >= 0.6 is 6.72 Å². The molecule has 5 unspecified atom stereocenters. The molecule has 1 aromatic rings. The van der Waals surface area contributed by atoms with Crippen molar-refractivity contribution in [2.75, 3.05) is 6.61 Å². The Kier molecular flexibility index (Phi) is 5.19. The maximum atomic E-state index is 15.0. The van der Waals surface area contributed by atoms with Crippen LogP contribution < -0.4 is 11.2 Å². The normalized spacial score (nSPS) is 37.3. The van der Waals surface area contributed by atoms with Crippen LogP contribution in [0.15, 0.2) is 21.9 Å². The number of H-pyrrole nitrogens is 1. The van der Waals surface area contributed by atoms with Crippen molar-refractivity contribution in [2.45, 2.75) is 50.5 Å². The van der Waals surface area contributed by atoms with E-state index in [0.717, 1.165) is 12.3 Å².